The van der Waals surface area contributed by atoms with E-state index >= 15 is 0 Å². The van der Waals surface area contributed by atoms with Gasteiger partial charge < -0.3 is 5.11 Å². The number of aromatic carboxylic acids is 1. The fraction of sp³-hybridized carbons (Fsp3) is 0.333. The molecule has 0 spiro atoms. The first kappa shape index (κ1) is 8.71. The van der Waals surface area contributed by atoms with Gasteiger partial charge in [-0.2, -0.15) is 0 Å². The Labute approximate surface area is 71.1 Å². The minimum absolute atomic E-state index is 0.170. The van der Waals surface area contributed by atoms with Gasteiger partial charge in [0.05, 0.1) is 0 Å². The fourth-order valence-electron chi connectivity index (χ4n) is 1.09. The summed E-state index contributed by atoms with van der Waals surface area (Å²) in [5.41, 5.74) is 1.96. The fourth-order valence-corrected chi connectivity index (χ4v) is 1.09. The van der Waals surface area contributed by atoms with Crippen LogP contribution in [0, 0.1) is 6.92 Å². The van der Waals surface area contributed by atoms with Crippen molar-refractivity contribution in [1.29, 1.82) is 0 Å². The van der Waals surface area contributed by atoms with Crippen molar-refractivity contribution in [3.63, 3.8) is 0 Å². The van der Waals surface area contributed by atoms with Crippen LogP contribution in [0.3, 0.4) is 0 Å². The monoisotopic (exact) mass is 165 g/mol. The van der Waals surface area contributed by atoms with Crippen LogP contribution in [0.2, 0.25) is 0 Å². The van der Waals surface area contributed by atoms with E-state index < -0.39 is 5.97 Å². The molecule has 0 bridgehead atoms. The highest BCUT2D eigenvalue weighted by Gasteiger charge is 2.09. The van der Waals surface area contributed by atoms with Gasteiger partial charge in [0.25, 0.3) is 0 Å². The van der Waals surface area contributed by atoms with E-state index in [4.69, 9.17) is 5.11 Å². The lowest BCUT2D eigenvalue weighted by Gasteiger charge is -2.02. The Morgan fingerprint density at radius 2 is 2.33 bits per heavy atom. The molecule has 1 heterocycles. The smallest absolute Gasteiger partial charge is 0.354 e. The SMILES string of the molecule is CCc1cc(C)cnc1C(=O)O. The Kier molecular flexibility index (Phi) is 2.43. The third-order valence-electron chi connectivity index (χ3n) is 1.69. The van der Waals surface area contributed by atoms with Crippen molar-refractivity contribution in [2.45, 2.75) is 20.3 Å². The number of aromatic nitrogens is 1. The quantitative estimate of drug-likeness (QED) is 0.724. The maximum absolute atomic E-state index is 10.6. The maximum Gasteiger partial charge on any atom is 0.354 e. The lowest BCUT2D eigenvalue weighted by molar-refractivity contribution is 0.0689. The molecule has 0 aliphatic rings. The number of pyridine rings is 1. The predicted octanol–water partition coefficient (Wildman–Crippen LogP) is 1.65. The summed E-state index contributed by atoms with van der Waals surface area (Å²) in [6, 6.07) is 1.86. The van der Waals surface area contributed by atoms with E-state index in [-0.39, 0.29) is 5.69 Å². The van der Waals surface area contributed by atoms with Crippen LogP contribution in [-0.2, 0) is 6.42 Å². The summed E-state index contributed by atoms with van der Waals surface area (Å²) in [5.74, 6) is -0.952. The van der Waals surface area contributed by atoms with Gasteiger partial charge in [0.2, 0.25) is 0 Å². The highest BCUT2D eigenvalue weighted by Crippen LogP contribution is 2.08. The van der Waals surface area contributed by atoms with Crippen LogP contribution in [-0.4, -0.2) is 16.1 Å². The van der Waals surface area contributed by atoms with Gasteiger partial charge in [-0.05, 0) is 24.5 Å². The Bertz CT molecular complexity index is 307. The van der Waals surface area contributed by atoms with E-state index in [9.17, 15) is 4.79 Å². The van der Waals surface area contributed by atoms with Crippen LogP contribution < -0.4 is 0 Å². The number of carboxylic acids is 1. The normalized spacial score (nSPS) is 9.83. The van der Waals surface area contributed by atoms with Crippen LogP contribution in [0.1, 0.15) is 28.5 Å². The van der Waals surface area contributed by atoms with Crippen LogP contribution in [0.5, 0.6) is 0 Å². The Balaban J connectivity index is 3.20. The lowest BCUT2D eigenvalue weighted by atomic mass is 10.1. The molecule has 0 unspecified atom stereocenters. The number of hydrogen-bond donors (Lipinski definition) is 1. The number of nitrogens with zero attached hydrogens (tertiary/aromatic N) is 1. The molecule has 1 aromatic heterocycles. The molecule has 12 heavy (non-hydrogen) atoms. The van der Waals surface area contributed by atoms with E-state index in [2.05, 4.69) is 4.98 Å². The summed E-state index contributed by atoms with van der Waals surface area (Å²) in [5, 5.41) is 8.73. The molecule has 0 amide bonds. The van der Waals surface area contributed by atoms with Crippen LogP contribution in [0.25, 0.3) is 0 Å². The second kappa shape index (κ2) is 3.34. The second-order valence-corrected chi connectivity index (χ2v) is 2.68. The first-order chi connectivity index (χ1) is 5.65. The molecule has 3 heteroatoms. The average Bonchev–Trinajstić information content (AvgIpc) is 2.03. The molecule has 0 radical (unpaired) electrons. The molecule has 0 fully saturated rings. The van der Waals surface area contributed by atoms with Crippen molar-refractivity contribution in [1.82, 2.24) is 4.98 Å². The van der Waals surface area contributed by atoms with Gasteiger partial charge in [-0.15, -0.1) is 0 Å². The van der Waals surface area contributed by atoms with Gasteiger partial charge >= 0.3 is 5.97 Å². The molecule has 0 aliphatic heterocycles. The molecule has 0 atom stereocenters. The summed E-state index contributed by atoms with van der Waals surface area (Å²) in [6.07, 6.45) is 2.28. The third-order valence-corrected chi connectivity index (χ3v) is 1.69. The summed E-state index contributed by atoms with van der Waals surface area (Å²) in [4.78, 5) is 14.5. The van der Waals surface area contributed by atoms with Crippen molar-refractivity contribution in [2.24, 2.45) is 0 Å². The number of hydrogen-bond acceptors (Lipinski definition) is 2. The summed E-state index contributed by atoms with van der Waals surface area (Å²) in [7, 11) is 0. The van der Waals surface area contributed by atoms with Gasteiger partial charge in [-0.25, -0.2) is 9.78 Å². The highest BCUT2D eigenvalue weighted by molar-refractivity contribution is 5.87. The molecule has 1 aromatic rings. The largest absolute Gasteiger partial charge is 0.477 e. The number of carbonyl (C=O) groups is 1. The van der Waals surface area contributed by atoms with E-state index in [1.165, 1.54) is 0 Å². The first-order valence-electron chi connectivity index (χ1n) is 3.84. The van der Waals surface area contributed by atoms with Gasteiger partial charge in [-0.1, -0.05) is 13.0 Å². The van der Waals surface area contributed by atoms with Crippen LogP contribution >= 0.6 is 0 Å². The average molecular weight is 165 g/mol. The van der Waals surface area contributed by atoms with Gasteiger partial charge in [0, 0.05) is 6.20 Å². The van der Waals surface area contributed by atoms with Crippen molar-refractivity contribution in [2.75, 3.05) is 0 Å². The Morgan fingerprint density at radius 1 is 1.67 bits per heavy atom. The minimum Gasteiger partial charge on any atom is -0.477 e. The maximum atomic E-state index is 10.6. The van der Waals surface area contributed by atoms with E-state index in [1.54, 1.807) is 6.20 Å². The number of rotatable bonds is 2. The molecule has 3 nitrogen and oxygen atoms in total. The zero-order valence-electron chi connectivity index (χ0n) is 7.16. The highest BCUT2D eigenvalue weighted by atomic mass is 16.4. The molecular formula is C9H11NO2. The minimum atomic E-state index is -0.952. The Morgan fingerprint density at radius 3 is 2.83 bits per heavy atom. The summed E-state index contributed by atoms with van der Waals surface area (Å²) < 4.78 is 0. The molecule has 0 aromatic carbocycles. The van der Waals surface area contributed by atoms with E-state index in [0.29, 0.717) is 6.42 Å². The van der Waals surface area contributed by atoms with Crippen LogP contribution in [0.15, 0.2) is 12.3 Å². The Hall–Kier alpha value is -1.38. The second-order valence-electron chi connectivity index (χ2n) is 2.68. The van der Waals surface area contributed by atoms with Crippen molar-refractivity contribution >= 4 is 5.97 Å². The number of aryl methyl sites for hydroxylation is 2. The standard InChI is InChI=1S/C9H11NO2/c1-3-7-4-6(2)5-10-8(7)9(11)12/h4-5H,3H2,1-2H3,(H,11,12). The molecule has 0 saturated heterocycles. The first-order valence-corrected chi connectivity index (χ1v) is 3.84. The summed E-state index contributed by atoms with van der Waals surface area (Å²) in [6.45, 7) is 3.82. The predicted molar refractivity (Wildman–Crippen MR) is 45.3 cm³/mol. The summed E-state index contributed by atoms with van der Waals surface area (Å²) >= 11 is 0. The molecule has 1 rings (SSSR count). The molecular weight excluding hydrogens is 154 g/mol. The van der Waals surface area contributed by atoms with E-state index in [1.807, 2.05) is 19.9 Å². The molecule has 0 saturated carbocycles. The molecule has 1 N–H and O–H groups in total. The van der Waals surface area contributed by atoms with Gasteiger partial charge in [0.15, 0.2) is 5.69 Å². The van der Waals surface area contributed by atoms with Crippen molar-refractivity contribution in [3.8, 4) is 0 Å². The zero-order valence-corrected chi connectivity index (χ0v) is 7.16. The topological polar surface area (TPSA) is 50.2 Å². The number of carboxylic acid groups (broad SMARTS) is 1. The van der Waals surface area contributed by atoms with E-state index in [0.717, 1.165) is 11.1 Å². The van der Waals surface area contributed by atoms with Crippen molar-refractivity contribution < 1.29 is 9.90 Å². The third kappa shape index (κ3) is 1.61. The van der Waals surface area contributed by atoms with Crippen molar-refractivity contribution in [3.05, 3.63) is 29.1 Å². The lowest BCUT2D eigenvalue weighted by Crippen LogP contribution is -2.05. The molecule has 64 valence electrons. The van der Waals surface area contributed by atoms with Gasteiger partial charge in [0.1, 0.15) is 0 Å². The van der Waals surface area contributed by atoms with Gasteiger partial charge in [-0.3, -0.25) is 0 Å². The van der Waals surface area contributed by atoms with Crippen LogP contribution in [0.4, 0.5) is 0 Å². The molecule has 0 aliphatic carbocycles. The zero-order chi connectivity index (χ0) is 9.14.